The van der Waals surface area contributed by atoms with Gasteiger partial charge in [-0.15, -0.1) is 0 Å². The van der Waals surface area contributed by atoms with Gasteiger partial charge in [0.05, 0.1) is 0 Å². The highest BCUT2D eigenvalue weighted by Gasteiger charge is 2.06. The Hall–Kier alpha value is -1.83. The number of carbonyl (C=O) groups is 1. The first kappa shape index (κ1) is 9.71. The Bertz CT molecular complexity index is 404. The van der Waals surface area contributed by atoms with Crippen molar-refractivity contribution in [2.75, 3.05) is 0 Å². The summed E-state index contributed by atoms with van der Waals surface area (Å²) < 4.78 is 0. The lowest BCUT2D eigenvalue weighted by Gasteiger charge is -2.10. The highest BCUT2D eigenvalue weighted by Crippen LogP contribution is 2.09. The van der Waals surface area contributed by atoms with E-state index in [1.165, 1.54) is 0 Å². The van der Waals surface area contributed by atoms with Crippen LogP contribution in [-0.4, -0.2) is 5.91 Å². The Balaban J connectivity index is 2.04. The molecule has 2 nitrogen and oxygen atoms in total. The van der Waals surface area contributed by atoms with Gasteiger partial charge in [0.25, 0.3) is 5.91 Å². The first-order chi connectivity index (χ1) is 7.36. The van der Waals surface area contributed by atoms with Gasteiger partial charge in [0.1, 0.15) is 0 Å². The van der Waals surface area contributed by atoms with Crippen LogP contribution in [0.15, 0.2) is 54.3 Å². The predicted molar refractivity (Wildman–Crippen MR) is 60.4 cm³/mol. The number of carbonyl (C=O) groups excluding carboxylic acids is 1. The van der Waals surface area contributed by atoms with E-state index >= 15 is 0 Å². The molecule has 0 fully saturated rings. The lowest BCUT2D eigenvalue weighted by atomic mass is 10.1. The van der Waals surface area contributed by atoms with Crippen LogP contribution in [0.1, 0.15) is 23.2 Å². The van der Waals surface area contributed by atoms with Crippen molar-refractivity contribution in [3.8, 4) is 0 Å². The summed E-state index contributed by atoms with van der Waals surface area (Å²) in [4.78, 5) is 11.7. The van der Waals surface area contributed by atoms with Crippen molar-refractivity contribution in [2.24, 2.45) is 0 Å². The summed E-state index contributed by atoms with van der Waals surface area (Å²) in [6.45, 7) is 0. The first-order valence-electron chi connectivity index (χ1n) is 5.08. The van der Waals surface area contributed by atoms with E-state index in [1.54, 1.807) is 0 Å². The van der Waals surface area contributed by atoms with E-state index in [-0.39, 0.29) is 5.91 Å². The molecular formula is C13H13NO. The molecule has 0 spiro atoms. The van der Waals surface area contributed by atoms with Gasteiger partial charge in [0, 0.05) is 11.3 Å². The number of hydrogen-bond acceptors (Lipinski definition) is 1. The fraction of sp³-hybridized carbons (Fsp3) is 0.154. The van der Waals surface area contributed by atoms with Crippen LogP contribution in [0.3, 0.4) is 0 Å². The fourth-order valence-corrected chi connectivity index (χ4v) is 1.51. The van der Waals surface area contributed by atoms with Crippen LogP contribution in [-0.2, 0) is 0 Å². The van der Waals surface area contributed by atoms with Crippen LogP contribution < -0.4 is 5.32 Å². The molecule has 0 bridgehead atoms. The molecule has 0 saturated carbocycles. The fourth-order valence-electron chi connectivity index (χ4n) is 1.51. The lowest BCUT2D eigenvalue weighted by molar-refractivity contribution is 0.0964. The molecule has 15 heavy (non-hydrogen) atoms. The molecule has 0 saturated heterocycles. The van der Waals surface area contributed by atoms with Gasteiger partial charge in [0.15, 0.2) is 0 Å². The van der Waals surface area contributed by atoms with E-state index in [0.717, 1.165) is 18.5 Å². The predicted octanol–water partition coefficient (Wildman–Crippen LogP) is 2.65. The standard InChI is InChI=1S/C13H13NO/c15-13(11-7-3-1-4-8-11)14-12-9-5-2-6-10-12/h1-5,7-9H,6,10H2,(H,14,15). The zero-order chi connectivity index (χ0) is 10.5. The normalized spacial score (nSPS) is 14.5. The third kappa shape index (κ3) is 2.56. The molecule has 1 aliphatic rings. The van der Waals surface area contributed by atoms with E-state index in [2.05, 4.69) is 11.4 Å². The monoisotopic (exact) mass is 199 g/mol. The molecule has 1 aliphatic carbocycles. The lowest BCUT2D eigenvalue weighted by Crippen LogP contribution is -2.23. The summed E-state index contributed by atoms with van der Waals surface area (Å²) in [5.41, 5.74) is 1.69. The zero-order valence-corrected chi connectivity index (χ0v) is 8.44. The van der Waals surface area contributed by atoms with Crippen molar-refractivity contribution in [2.45, 2.75) is 12.8 Å². The van der Waals surface area contributed by atoms with Crippen molar-refractivity contribution in [1.82, 2.24) is 5.32 Å². The van der Waals surface area contributed by atoms with Gasteiger partial charge in [0.2, 0.25) is 0 Å². The summed E-state index contributed by atoms with van der Waals surface area (Å²) >= 11 is 0. The van der Waals surface area contributed by atoms with Crippen molar-refractivity contribution in [3.05, 3.63) is 59.8 Å². The molecule has 76 valence electrons. The summed E-state index contributed by atoms with van der Waals surface area (Å²) in [5.74, 6) is -0.0304. The molecule has 1 aromatic rings. The van der Waals surface area contributed by atoms with Gasteiger partial charge in [-0.2, -0.15) is 0 Å². The SMILES string of the molecule is O=C(NC1=CC=CCC1)c1ccccc1. The smallest absolute Gasteiger partial charge is 0.255 e. The third-order valence-electron chi connectivity index (χ3n) is 2.32. The highest BCUT2D eigenvalue weighted by molar-refractivity contribution is 5.95. The second-order valence-corrected chi connectivity index (χ2v) is 3.48. The van der Waals surface area contributed by atoms with E-state index in [4.69, 9.17) is 0 Å². The Kier molecular flexibility index (Phi) is 2.98. The van der Waals surface area contributed by atoms with Crippen molar-refractivity contribution >= 4 is 5.91 Å². The second-order valence-electron chi connectivity index (χ2n) is 3.48. The molecule has 2 heteroatoms. The third-order valence-corrected chi connectivity index (χ3v) is 2.32. The van der Waals surface area contributed by atoms with Crippen LogP contribution in [0.4, 0.5) is 0 Å². The van der Waals surface area contributed by atoms with Gasteiger partial charge in [-0.05, 0) is 31.1 Å². The van der Waals surface area contributed by atoms with Gasteiger partial charge in [-0.1, -0.05) is 30.4 Å². The maximum Gasteiger partial charge on any atom is 0.255 e. The minimum absolute atomic E-state index is 0.0304. The Morgan fingerprint density at radius 2 is 2.00 bits per heavy atom. The number of benzene rings is 1. The number of hydrogen-bond donors (Lipinski definition) is 1. The Morgan fingerprint density at radius 3 is 2.67 bits per heavy atom. The summed E-state index contributed by atoms with van der Waals surface area (Å²) in [6, 6.07) is 9.26. The van der Waals surface area contributed by atoms with Gasteiger partial charge >= 0.3 is 0 Å². The van der Waals surface area contributed by atoms with Crippen molar-refractivity contribution in [1.29, 1.82) is 0 Å². The Labute approximate surface area is 89.3 Å². The molecule has 1 amide bonds. The van der Waals surface area contributed by atoms with Crippen LogP contribution in [0, 0.1) is 0 Å². The summed E-state index contributed by atoms with van der Waals surface area (Å²) in [5, 5.41) is 2.91. The molecule has 1 aromatic carbocycles. The average Bonchev–Trinajstić information content (AvgIpc) is 2.31. The maximum absolute atomic E-state index is 11.7. The van der Waals surface area contributed by atoms with Crippen LogP contribution in [0.2, 0.25) is 0 Å². The van der Waals surface area contributed by atoms with E-state index in [9.17, 15) is 4.79 Å². The van der Waals surface area contributed by atoms with Crippen molar-refractivity contribution in [3.63, 3.8) is 0 Å². The first-order valence-corrected chi connectivity index (χ1v) is 5.08. The van der Waals surface area contributed by atoms with Crippen LogP contribution in [0.5, 0.6) is 0 Å². The van der Waals surface area contributed by atoms with Gasteiger partial charge in [-0.3, -0.25) is 4.79 Å². The molecule has 0 aliphatic heterocycles. The summed E-state index contributed by atoms with van der Waals surface area (Å²) in [7, 11) is 0. The molecule has 0 aromatic heterocycles. The molecule has 0 heterocycles. The number of nitrogens with one attached hydrogen (secondary N) is 1. The maximum atomic E-state index is 11.7. The number of rotatable bonds is 2. The number of amides is 1. The van der Waals surface area contributed by atoms with Crippen LogP contribution in [0.25, 0.3) is 0 Å². The quantitative estimate of drug-likeness (QED) is 0.779. The Morgan fingerprint density at radius 1 is 1.20 bits per heavy atom. The topological polar surface area (TPSA) is 29.1 Å². The second kappa shape index (κ2) is 4.60. The molecule has 0 atom stereocenters. The number of allylic oxidation sites excluding steroid dienone is 4. The minimum Gasteiger partial charge on any atom is -0.326 e. The van der Waals surface area contributed by atoms with Gasteiger partial charge in [-0.25, -0.2) is 0 Å². The largest absolute Gasteiger partial charge is 0.326 e. The molecule has 2 rings (SSSR count). The average molecular weight is 199 g/mol. The molecule has 0 radical (unpaired) electrons. The van der Waals surface area contributed by atoms with E-state index < -0.39 is 0 Å². The van der Waals surface area contributed by atoms with Gasteiger partial charge < -0.3 is 5.32 Å². The van der Waals surface area contributed by atoms with E-state index in [1.807, 2.05) is 42.5 Å². The minimum atomic E-state index is -0.0304. The molecular weight excluding hydrogens is 186 g/mol. The van der Waals surface area contributed by atoms with Crippen molar-refractivity contribution < 1.29 is 4.79 Å². The van der Waals surface area contributed by atoms with E-state index in [0.29, 0.717) is 5.56 Å². The molecule has 1 N–H and O–H groups in total. The summed E-state index contributed by atoms with van der Waals surface area (Å²) in [6.07, 6.45) is 7.93. The molecule has 0 unspecified atom stereocenters. The highest BCUT2D eigenvalue weighted by atomic mass is 16.1. The zero-order valence-electron chi connectivity index (χ0n) is 8.44. The van der Waals surface area contributed by atoms with Crippen LogP contribution >= 0.6 is 0 Å².